The molecule has 26 heavy (non-hydrogen) atoms. The molecule has 0 radical (unpaired) electrons. The monoisotopic (exact) mass is 364 g/mol. The quantitative estimate of drug-likeness (QED) is 0.548. The second kappa shape index (κ2) is 7.06. The summed E-state index contributed by atoms with van der Waals surface area (Å²) in [4.78, 5) is 4.07. The van der Waals surface area contributed by atoms with Crippen molar-refractivity contribution in [1.29, 1.82) is 0 Å². The molecule has 0 bridgehead atoms. The molecular weight excluding hydrogens is 348 g/mol. The zero-order valence-electron chi connectivity index (χ0n) is 14.2. The molecule has 0 aliphatic carbocycles. The van der Waals surface area contributed by atoms with Gasteiger partial charge in [-0.3, -0.25) is 9.67 Å². The topological polar surface area (TPSA) is 52.0 Å². The molecule has 0 amide bonds. The Kier molecular flexibility index (Phi) is 4.46. The fourth-order valence-corrected chi connectivity index (χ4v) is 3.05. The third kappa shape index (κ3) is 3.34. The maximum absolute atomic E-state index is 6.10. The van der Waals surface area contributed by atoms with Crippen molar-refractivity contribution in [2.45, 2.75) is 6.54 Å². The van der Waals surface area contributed by atoms with E-state index in [4.69, 9.17) is 21.4 Å². The molecule has 0 saturated carbocycles. The van der Waals surface area contributed by atoms with Crippen LogP contribution in [0.2, 0.25) is 5.02 Å². The van der Waals surface area contributed by atoms with Crippen LogP contribution in [-0.4, -0.2) is 21.9 Å². The molecule has 2 aromatic carbocycles. The Morgan fingerprint density at radius 3 is 2.69 bits per heavy atom. The molecule has 0 aliphatic heterocycles. The normalized spacial score (nSPS) is 10.8. The predicted molar refractivity (Wildman–Crippen MR) is 104 cm³/mol. The van der Waals surface area contributed by atoms with Crippen LogP contribution in [0.15, 0.2) is 67.0 Å². The number of pyridine rings is 1. The lowest BCUT2D eigenvalue weighted by molar-refractivity contribution is 0.415. The maximum atomic E-state index is 6.10. The molecule has 0 atom stereocenters. The van der Waals surface area contributed by atoms with Gasteiger partial charge in [-0.15, -0.1) is 0 Å². The van der Waals surface area contributed by atoms with Crippen LogP contribution in [0.25, 0.3) is 10.9 Å². The molecule has 4 aromatic rings. The number of aromatic nitrogens is 3. The highest BCUT2D eigenvalue weighted by atomic mass is 35.5. The van der Waals surface area contributed by atoms with Crippen molar-refractivity contribution in [1.82, 2.24) is 14.8 Å². The number of methoxy groups -OCH3 is 1. The average Bonchev–Trinajstić information content (AvgIpc) is 2.99. The Hall–Kier alpha value is -3.05. The zero-order valence-corrected chi connectivity index (χ0v) is 14.9. The molecule has 0 fully saturated rings. The van der Waals surface area contributed by atoms with E-state index in [9.17, 15) is 0 Å². The number of hydrogen-bond acceptors (Lipinski definition) is 4. The van der Waals surface area contributed by atoms with Crippen LogP contribution in [-0.2, 0) is 6.54 Å². The van der Waals surface area contributed by atoms with Crippen LogP contribution >= 0.6 is 11.6 Å². The molecule has 6 heteroatoms. The van der Waals surface area contributed by atoms with Crippen molar-refractivity contribution in [2.24, 2.45) is 0 Å². The van der Waals surface area contributed by atoms with Crippen molar-refractivity contribution in [2.75, 3.05) is 12.4 Å². The van der Waals surface area contributed by atoms with Crippen LogP contribution in [0.1, 0.15) is 5.56 Å². The van der Waals surface area contributed by atoms with Gasteiger partial charge < -0.3 is 10.1 Å². The van der Waals surface area contributed by atoms with Gasteiger partial charge in [0.25, 0.3) is 0 Å². The van der Waals surface area contributed by atoms with Gasteiger partial charge in [0.05, 0.1) is 19.2 Å². The summed E-state index contributed by atoms with van der Waals surface area (Å²) >= 11 is 6.10. The largest absolute Gasteiger partial charge is 0.497 e. The number of hydrogen-bond donors (Lipinski definition) is 1. The predicted octanol–water partition coefficient (Wildman–Crippen LogP) is 4.89. The number of halogens is 1. The first kappa shape index (κ1) is 16.4. The molecular formula is C20H17ClN4O. The number of fused-ring (bicyclic) bond motifs is 1. The van der Waals surface area contributed by atoms with Crippen molar-refractivity contribution in [3.63, 3.8) is 0 Å². The second-order valence-electron chi connectivity index (χ2n) is 5.88. The van der Waals surface area contributed by atoms with Gasteiger partial charge in [-0.1, -0.05) is 17.7 Å². The standard InChI is InChI=1S/C20H17ClN4O/c1-26-17-5-6-19-18(12-17)20(23-16-4-2-3-15(21)11-16)24-25(19)13-14-7-9-22-10-8-14/h2-12H,13H2,1H3,(H,23,24). The molecule has 5 nitrogen and oxygen atoms in total. The summed E-state index contributed by atoms with van der Waals surface area (Å²) in [5, 5.41) is 9.79. The molecule has 1 N–H and O–H groups in total. The molecule has 4 rings (SSSR count). The van der Waals surface area contributed by atoms with Gasteiger partial charge in [-0.25, -0.2) is 0 Å². The van der Waals surface area contributed by atoms with E-state index in [1.807, 2.05) is 59.3 Å². The Balaban J connectivity index is 1.78. The highest BCUT2D eigenvalue weighted by molar-refractivity contribution is 6.30. The molecule has 2 heterocycles. The van der Waals surface area contributed by atoms with Gasteiger partial charge in [0.2, 0.25) is 0 Å². The summed E-state index contributed by atoms with van der Waals surface area (Å²) in [6.45, 7) is 0.655. The van der Waals surface area contributed by atoms with Crippen molar-refractivity contribution in [3.05, 3.63) is 77.6 Å². The third-order valence-corrected chi connectivity index (χ3v) is 4.36. The van der Waals surface area contributed by atoms with E-state index in [1.165, 1.54) is 0 Å². The van der Waals surface area contributed by atoms with Gasteiger partial charge in [-0.05, 0) is 54.1 Å². The van der Waals surface area contributed by atoms with Crippen LogP contribution in [0.3, 0.4) is 0 Å². The van der Waals surface area contributed by atoms with Gasteiger partial charge >= 0.3 is 0 Å². The Morgan fingerprint density at radius 2 is 1.92 bits per heavy atom. The van der Waals surface area contributed by atoms with E-state index in [1.54, 1.807) is 19.5 Å². The minimum Gasteiger partial charge on any atom is -0.497 e. The summed E-state index contributed by atoms with van der Waals surface area (Å²) in [6.07, 6.45) is 3.57. The van der Waals surface area contributed by atoms with Crippen LogP contribution in [0.5, 0.6) is 5.75 Å². The van der Waals surface area contributed by atoms with Crippen molar-refractivity contribution < 1.29 is 4.74 Å². The smallest absolute Gasteiger partial charge is 0.160 e. The first-order chi connectivity index (χ1) is 12.7. The van der Waals surface area contributed by atoms with E-state index in [0.29, 0.717) is 11.6 Å². The maximum Gasteiger partial charge on any atom is 0.160 e. The Morgan fingerprint density at radius 1 is 1.08 bits per heavy atom. The number of rotatable bonds is 5. The average molecular weight is 365 g/mol. The Labute approximate surface area is 156 Å². The zero-order chi connectivity index (χ0) is 17.9. The molecule has 0 saturated heterocycles. The van der Waals surface area contributed by atoms with Gasteiger partial charge in [-0.2, -0.15) is 5.10 Å². The van der Waals surface area contributed by atoms with Crippen molar-refractivity contribution in [3.8, 4) is 5.75 Å². The molecule has 130 valence electrons. The lowest BCUT2D eigenvalue weighted by Gasteiger charge is -2.04. The molecule has 0 unspecified atom stereocenters. The van der Waals surface area contributed by atoms with Gasteiger partial charge in [0.15, 0.2) is 5.82 Å². The van der Waals surface area contributed by atoms with Crippen LogP contribution < -0.4 is 10.1 Å². The molecule has 0 spiro atoms. The number of ether oxygens (including phenoxy) is 1. The SMILES string of the molecule is COc1ccc2c(c1)c(Nc1cccc(Cl)c1)nn2Cc1ccncc1. The van der Waals surface area contributed by atoms with E-state index in [0.717, 1.165) is 33.7 Å². The first-order valence-corrected chi connectivity index (χ1v) is 8.57. The summed E-state index contributed by atoms with van der Waals surface area (Å²) in [6, 6.07) is 17.5. The molecule has 0 aliphatic rings. The number of anilines is 2. The minimum atomic E-state index is 0.655. The van der Waals surface area contributed by atoms with Gasteiger partial charge in [0, 0.05) is 28.5 Å². The van der Waals surface area contributed by atoms with E-state index in [2.05, 4.69) is 10.3 Å². The van der Waals surface area contributed by atoms with Crippen molar-refractivity contribution >= 4 is 34.0 Å². The Bertz CT molecular complexity index is 1050. The second-order valence-corrected chi connectivity index (χ2v) is 6.32. The van der Waals surface area contributed by atoms with Gasteiger partial charge in [0.1, 0.15) is 5.75 Å². The fourth-order valence-electron chi connectivity index (χ4n) is 2.86. The number of benzene rings is 2. The number of nitrogens with zero attached hydrogens (tertiary/aromatic N) is 3. The summed E-state index contributed by atoms with van der Waals surface area (Å²) < 4.78 is 7.35. The number of nitrogens with one attached hydrogen (secondary N) is 1. The van der Waals surface area contributed by atoms with Crippen LogP contribution in [0.4, 0.5) is 11.5 Å². The highest BCUT2D eigenvalue weighted by Crippen LogP contribution is 2.30. The molecule has 2 aromatic heterocycles. The van der Waals surface area contributed by atoms with E-state index < -0.39 is 0 Å². The minimum absolute atomic E-state index is 0.655. The van der Waals surface area contributed by atoms with Crippen LogP contribution in [0, 0.1) is 0 Å². The lowest BCUT2D eigenvalue weighted by Crippen LogP contribution is -2.02. The highest BCUT2D eigenvalue weighted by Gasteiger charge is 2.12. The summed E-state index contributed by atoms with van der Waals surface area (Å²) in [5.41, 5.74) is 3.04. The van der Waals surface area contributed by atoms with E-state index >= 15 is 0 Å². The summed E-state index contributed by atoms with van der Waals surface area (Å²) in [7, 11) is 1.66. The lowest BCUT2D eigenvalue weighted by atomic mass is 10.2. The first-order valence-electron chi connectivity index (χ1n) is 8.19. The van der Waals surface area contributed by atoms with E-state index in [-0.39, 0.29) is 0 Å². The summed E-state index contributed by atoms with van der Waals surface area (Å²) in [5.74, 6) is 1.55. The third-order valence-electron chi connectivity index (χ3n) is 4.13. The fraction of sp³-hybridized carbons (Fsp3) is 0.100.